The Hall–Kier alpha value is -3.29. The number of ether oxygens (including phenoxy) is 3. The van der Waals surface area contributed by atoms with Gasteiger partial charge in [0.25, 0.3) is 5.91 Å². The SMILES string of the molecule is COc1cc(CN(CCO)C(=O)c2c(-c3ccccc3)ccnc2Cl)cc(OC)c1OC. The quantitative estimate of drug-likeness (QED) is 0.489. The number of pyridine rings is 1. The number of carbonyl (C=O) groups is 1. The van der Waals surface area contributed by atoms with Crippen LogP contribution < -0.4 is 14.2 Å². The molecule has 0 saturated carbocycles. The number of hydrogen-bond donors (Lipinski definition) is 1. The Bertz CT molecular complexity index is 1050. The van der Waals surface area contributed by atoms with Crippen LogP contribution in [0, 0.1) is 0 Å². The maximum absolute atomic E-state index is 13.6. The normalized spacial score (nSPS) is 10.5. The highest BCUT2D eigenvalue weighted by Gasteiger charge is 2.24. The average Bonchev–Trinajstić information content (AvgIpc) is 2.83. The van der Waals surface area contributed by atoms with E-state index in [1.807, 2.05) is 30.3 Å². The number of aliphatic hydroxyl groups is 1. The third kappa shape index (κ3) is 4.95. The number of halogens is 1. The van der Waals surface area contributed by atoms with Crippen molar-refractivity contribution in [3.63, 3.8) is 0 Å². The molecule has 0 fully saturated rings. The fourth-order valence-electron chi connectivity index (χ4n) is 3.48. The van der Waals surface area contributed by atoms with E-state index >= 15 is 0 Å². The Kier molecular flexibility index (Phi) is 7.92. The molecule has 3 aromatic rings. The van der Waals surface area contributed by atoms with Crippen LogP contribution in [-0.2, 0) is 6.54 Å². The van der Waals surface area contributed by atoms with Crippen molar-refractivity contribution in [3.05, 3.63) is 71.0 Å². The molecule has 1 aromatic heterocycles. The minimum Gasteiger partial charge on any atom is -0.493 e. The van der Waals surface area contributed by atoms with E-state index in [9.17, 15) is 9.90 Å². The summed E-state index contributed by atoms with van der Waals surface area (Å²) in [6, 6.07) is 14.8. The van der Waals surface area contributed by atoms with Crippen molar-refractivity contribution in [2.24, 2.45) is 0 Å². The number of methoxy groups -OCH3 is 3. The van der Waals surface area contributed by atoms with Crippen LogP contribution in [0.2, 0.25) is 5.15 Å². The highest BCUT2D eigenvalue weighted by molar-refractivity contribution is 6.33. The summed E-state index contributed by atoms with van der Waals surface area (Å²) in [5, 5.41) is 9.74. The van der Waals surface area contributed by atoms with Gasteiger partial charge in [0, 0.05) is 19.3 Å². The molecule has 32 heavy (non-hydrogen) atoms. The molecule has 168 valence electrons. The van der Waals surface area contributed by atoms with Crippen LogP contribution in [-0.4, -0.2) is 55.4 Å². The topological polar surface area (TPSA) is 81.1 Å². The van der Waals surface area contributed by atoms with Gasteiger partial charge < -0.3 is 24.2 Å². The smallest absolute Gasteiger partial charge is 0.258 e. The van der Waals surface area contributed by atoms with Crippen LogP contribution in [0.4, 0.5) is 0 Å². The molecule has 0 aliphatic heterocycles. The molecule has 0 aliphatic rings. The first-order valence-corrected chi connectivity index (χ1v) is 10.3. The number of rotatable bonds is 9. The van der Waals surface area contributed by atoms with Crippen molar-refractivity contribution >= 4 is 17.5 Å². The van der Waals surface area contributed by atoms with E-state index < -0.39 is 0 Å². The Labute approximate surface area is 192 Å². The summed E-state index contributed by atoms with van der Waals surface area (Å²) in [5.74, 6) is 1.07. The first-order chi connectivity index (χ1) is 15.5. The fraction of sp³-hybridized carbons (Fsp3) is 0.250. The van der Waals surface area contributed by atoms with Gasteiger partial charge in [-0.1, -0.05) is 41.9 Å². The maximum atomic E-state index is 13.6. The van der Waals surface area contributed by atoms with Gasteiger partial charge in [0.15, 0.2) is 11.5 Å². The van der Waals surface area contributed by atoms with Crippen molar-refractivity contribution in [2.45, 2.75) is 6.54 Å². The average molecular weight is 457 g/mol. The monoisotopic (exact) mass is 456 g/mol. The second kappa shape index (κ2) is 10.8. The maximum Gasteiger partial charge on any atom is 0.258 e. The fourth-order valence-corrected chi connectivity index (χ4v) is 3.72. The molecule has 2 aromatic carbocycles. The lowest BCUT2D eigenvalue weighted by Crippen LogP contribution is -2.33. The lowest BCUT2D eigenvalue weighted by molar-refractivity contribution is 0.0708. The van der Waals surface area contributed by atoms with Crippen molar-refractivity contribution in [3.8, 4) is 28.4 Å². The van der Waals surface area contributed by atoms with Crippen molar-refractivity contribution < 1.29 is 24.1 Å². The summed E-state index contributed by atoms with van der Waals surface area (Å²) in [4.78, 5) is 19.2. The molecule has 1 amide bonds. The molecule has 3 rings (SSSR count). The Morgan fingerprint density at radius 3 is 2.25 bits per heavy atom. The van der Waals surface area contributed by atoms with Crippen molar-refractivity contribution in [2.75, 3.05) is 34.5 Å². The number of carbonyl (C=O) groups excluding carboxylic acids is 1. The number of aliphatic hydroxyl groups excluding tert-OH is 1. The second-order valence-electron chi connectivity index (χ2n) is 6.87. The molecule has 0 saturated heterocycles. The summed E-state index contributed by atoms with van der Waals surface area (Å²) in [7, 11) is 4.58. The molecule has 8 heteroatoms. The van der Waals surface area contributed by atoms with Crippen LogP contribution in [0.25, 0.3) is 11.1 Å². The van der Waals surface area contributed by atoms with Crippen molar-refractivity contribution in [1.82, 2.24) is 9.88 Å². The lowest BCUT2D eigenvalue weighted by atomic mass is 10.0. The first-order valence-electron chi connectivity index (χ1n) is 9.93. The van der Waals surface area contributed by atoms with Crippen molar-refractivity contribution in [1.29, 1.82) is 0 Å². The number of hydrogen-bond acceptors (Lipinski definition) is 6. The van der Waals surface area contributed by atoms with Crippen LogP contribution in [0.5, 0.6) is 17.2 Å². The molecular weight excluding hydrogens is 432 g/mol. The van der Waals surface area contributed by atoms with Crippen LogP contribution in [0.15, 0.2) is 54.7 Å². The summed E-state index contributed by atoms with van der Waals surface area (Å²) >= 11 is 6.38. The lowest BCUT2D eigenvalue weighted by Gasteiger charge is -2.24. The molecular formula is C24H25ClN2O5. The third-order valence-electron chi connectivity index (χ3n) is 4.96. The van der Waals surface area contributed by atoms with Crippen LogP contribution >= 0.6 is 11.6 Å². The van der Waals surface area contributed by atoms with Crippen LogP contribution in [0.1, 0.15) is 15.9 Å². The van der Waals surface area contributed by atoms with E-state index in [0.717, 1.165) is 11.1 Å². The molecule has 1 N–H and O–H groups in total. The number of benzene rings is 2. The van der Waals surface area contributed by atoms with Gasteiger partial charge in [0.05, 0.1) is 33.5 Å². The summed E-state index contributed by atoms with van der Waals surface area (Å²) in [6.07, 6.45) is 1.57. The largest absolute Gasteiger partial charge is 0.493 e. The molecule has 7 nitrogen and oxygen atoms in total. The van der Waals surface area contributed by atoms with Gasteiger partial charge in [0.2, 0.25) is 5.75 Å². The van der Waals surface area contributed by atoms with Gasteiger partial charge in [-0.15, -0.1) is 0 Å². The summed E-state index contributed by atoms with van der Waals surface area (Å²) in [6.45, 7) is 0.0826. The highest BCUT2D eigenvalue weighted by Crippen LogP contribution is 2.38. The predicted molar refractivity (Wildman–Crippen MR) is 123 cm³/mol. The van der Waals surface area contributed by atoms with E-state index in [1.54, 1.807) is 24.4 Å². The Balaban J connectivity index is 2.02. The molecule has 0 radical (unpaired) electrons. The van der Waals surface area contributed by atoms with Gasteiger partial charge in [0.1, 0.15) is 5.15 Å². The predicted octanol–water partition coefficient (Wildman–Crippen LogP) is 4.06. The minimum absolute atomic E-state index is 0.101. The zero-order valence-corrected chi connectivity index (χ0v) is 18.9. The molecule has 0 aliphatic carbocycles. The van der Waals surface area contributed by atoms with E-state index in [0.29, 0.717) is 22.8 Å². The van der Waals surface area contributed by atoms with E-state index in [-0.39, 0.29) is 36.3 Å². The molecule has 0 atom stereocenters. The van der Waals surface area contributed by atoms with Gasteiger partial charge in [-0.05, 0) is 34.9 Å². The van der Waals surface area contributed by atoms with Gasteiger partial charge in [-0.2, -0.15) is 0 Å². The number of amides is 1. The second-order valence-corrected chi connectivity index (χ2v) is 7.23. The zero-order chi connectivity index (χ0) is 23.1. The van der Waals surface area contributed by atoms with E-state index in [2.05, 4.69) is 4.98 Å². The Morgan fingerprint density at radius 2 is 1.69 bits per heavy atom. The molecule has 1 heterocycles. The van der Waals surface area contributed by atoms with E-state index in [1.165, 1.54) is 26.2 Å². The highest BCUT2D eigenvalue weighted by atomic mass is 35.5. The number of aromatic nitrogens is 1. The van der Waals surface area contributed by atoms with Gasteiger partial charge in [-0.3, -0.25) is 4.79 Å². The van der Waals surface area contributed by atoms with Gasteiger partial charge in [-0.25, -0.2) is 4.98 Å². The Morgan fingerprint density at radius 1 is 1.03 bits per heavy atom. The summed E-state index contributed by atoms with van der Waals surface area (Å²) < 4.78 is 16.2. The van der Waals surface area contributed by atoms with E-state index in [4.69, 9.17) is 25.8 Å². The number of nitrogens with zero attached hydrogens (tertiary/aromatic N) is 2. The van der Waals surface area contributed by atoms with Crippen LogP contribution in [0.3, 0.4) is 0 Å². The third-order valence-corrected chi connectivity index (χ3v) is 5.25. The zero-order valence-electron chi connectivity index (χ0n) is 18.2. The molecule has 0 unspecified atom stereocenters. The summed E-state index contributed by atoms with van der Waals surface area (Å²) in [5.41, 5.74) is 2.53. The minimum atomic E-state index is -0.343. The standard InChI is InChI=1S/C24H25ClN2O5/c1-30-19-13-16(14-20(31-2)22(19)32-3)15-27(11-12-28)24(29)21-18(9-10-26-23(21)25)17-7-5-4-6-8-17/h4-10,13-14,28H,11-12,15H2,1-3H3. The molecule has 0 bridgehead atoms. The molecule has 0 spiro atoms. The van der Waals surface area contributed by atoms with Gasteiger partial charge >= 0.3 is 0 Å². The first kappa shape index (κ1) is 23.4.